The first-order chi connectivity index (χ1) is 7.19. The zero-order valence-corrected chi connectivity index (χ0v) is 17.1. The minimum absolute atomic E-state index is 0. The molecule has 0 aromatic heterocycles. The molecule has 3 atom stereocenters. The first-order valence-electron chi connectivity index (χ1n) is 4.03. The molecule has 0 spiro atoms. The van der Waals surface area contributed by atoms with Crippen LogP contribution in [0.3, 0.4) is 0 Å². The van der Waals surface area contributed by atoms with E-state index in [0.717, 1.165) is 0 Å². The van der Waals surface area contributed by atoms with E-state index in [1.165, 1.54) is 0 Å². The maximum Gasteiger partial charge on any atom is 1.00 e. The van der Waals surface area contributed by atoms with Gasteiger partial charge in [-0.2, -0.15) is 0 Å². The fraction of sp³-hybridized carbons (Fsp3) is 0.833. The molecule has 0 aliphatic rings. The van der Waals surface area contributed by atoms with Crippen LogP contribution in [0.25, 0.3) is 0 Å². The quantitative estimate of drug-likeness (QED) is 0.260. The molecule has 9 nitrogen and oxygen atoms in total. The summed E-state index contributed by atoms with van der Waals surface area (Å²) in [5, 5.41) is 35.4. The number of aliphatic hydroxyl groups excluding tert-OH is 4. The second-order valence-electron chi connectivity index (χ2n) is 2.87. The molecule has 0 saturated carbocycles. The topological polar surface area (TPSA) is 170 Å². The van der Waals surface area contributed by atoms with E-state index in [1.807, 2.05) is 0 Å². The number of hydrogen-bond acceptors (Lipinski definition) is 9. The maximum atomic E-state index is 10.7. The second kappa shape index (κ2) is 12.4. The van der Waals surface area contributed by atoms with Crippen molar-refractivity contribution >= 4 is 13.6 Å². The Morgan fingerprint density at radius 3 is 2.00 bits per heavy atom. The summed E-state index contributed by atoms with van der Waals surface area (Å²) in [6, 6.07) is 0. The van der Waals surface area contributed by atoms with Crippen LogP contribution in [0.15, 0.2) is 0 Å². The number of carbonyl (C=O) groups is 1. The van der Waals surface area contributed by atoms with Gasteiger partial charge in [0.2, 0.25) is 0 Å². The zero-order valence-electron chi connectivity index (χ0n) is 9.92. The van der Waals surface area contributed by atoms with Crippen LogP contribution in [0.2, 0.25) is 0 Å². The predicted octanol–water partition coefficient (Wildman–Crippen LogP) is -10.5. The van der Waals surface area contributed by atoms with Gasteiger partial charge in [-0.05, 0) is 0 Å². The van der Waals surface area contributed by atoms with Gasteiger partial charge in [0.1, 0.15) is 24.9 Å². The third kappa shape index (κ3) is 11.5. The van der Waals surface area contributed by atoms with E-state index in [9.17, 15) is 19.1 Å². The Morgan fingerprint density at radius 2 is 1.67 bits per heavy atom. The van der Waals surface area contributed by atoms with Gasteiger partial charge in [-0.15, -0.1) is 0 Å². The van der Waals surface area contributed by atoms with Crippen LogP contribution in [-0.4, -0.2) is 57.7 Å². The van der Waals surface area contributed by atoms with Crippen molar-refractivity contribution in [1.29, 1.82) is 0 Å². The summed E-state index contributed by atoms with van der Waals surface area (Å²) < 4.78 is 13.6. The molecule has 0 fully saturated rings. The molecule has 0 heterocycles. The molecule has 18 heavy (non-hydrogen) atoms. The summed E-state index contributed by atoms with van der Waals surface area (Å²) in [7, 11) is -5.31. The molecule has 0 aliphatic carbocycles. The number of hydrogen-bond donors (Lipinski definition) is 4. The average Bonchev–Trinajstić information content (AvgIpc) is 2.21. The molecule has 0 bridgehead atoms. The third-order valence-corrected chi connectivity index (χ3v) is 2.07. The summed E-state index contributed by atoms with van der Waals surface area (Å²) in [5.41, 5.74) is 0. The summed E-state index contributed by atoms with van der Waals surface area (Å²) in [5.74, 6) is -1.17. The molecule has 3 unspecified atom stereocenters. The van der Waals surface area contributed by atoms with Gasteiger partial charge in [-0.1, -0.05) is 0 Å². The minimum Gasteiger partial charge on any atom is -0.790 e. The van der Waals surface area contributed by atoms with Crippen molar-refractivity contribution in [3.05, 3.63) is 0 Å². The molecule has 96 valence electrons. The second-order valence-corrected chi connectivity index (χ2v) is 4.02. The Morgan fingerprint density at radius 1 is 1.22 bits per heavy atom. The summed E-state index contributed by atoms with van der Waals surface area (Å²) in [6.07, 6.45) is -6.12. The molecule has 12 heteroatoms. The maximum absolute atomic E-state index is 10.7. The molecule has 4 N–H and O–H groups in total. The van der Waals surface area contributed by atoms with Gasteiger partial charge in [0.15, 0.2) is 5.78 Å². The Bertz CT molecular complexity index is 282. The Hall–Kier alpha value is 2.89. The number of Topliss-reactive ketones (excluding diaryl/α,β-unsaturated/α-hetero) is 1. The van der Waals surface area contributed by atoms with Crippen molar-refractivity contribution < 1.29 is 147 Å². The zero-order chi connectivity index (χ0) is 12.9. The van der Waals surface area contributed by atoms with Gasteiger partial charge in [0.05, 0.1) is 14.4 Å². The van der Waals surface area contributed by atoms with E-state index in [1.54, 1.807) is 0 Å². The monoisotopic (exact) mass is 336 g/mol. The third-order valence-electron chi connectivity index (χ3n) is 1.61. The van der Waals surface area contributed by atoms with Gasteiger partial charge >= 0.3 is 103 Å². The molecule has 0 aliphatic heterocycles. The fourth-order valence-electron chi connectivity index (χ4n) is 0.761. The van der Waals surface area contributed by atoms with Crippen molar-refractivity contribution in [1.82, 2.24) is 0 Å². The smallest absolute Gasteiger partial charge is 0.790 e. The molecule has 0 aromatic rings. The predicted molar refractivity (Wildman–Crippen MR) is 43.7 cm³/mol. The van der Waals surface area contributed by atoms with Gasteiger partial charge in [-0.3, -0.25) is 4.79 Å². The molecule has 0 amide bonds. The van der Waals surface area contributed by atoms with Gasteiger partial charge in [0.25, 0.3) is 0 Å². The van der Waals surface area contributed by atoms with Gasteiger partial charge < -0.3 is 39.3 Å². The van der Waals surface area contributed by atoms with Crippen LogP contribution < -0.4 is 113 Å². The normalized spacial score (nSPS) is 15.9. The number of aliphatic hydroxyl groups is 4. The molecule has 0 rings (SSSR count). The first-order valence-corrected chi connectivity index (χ1v) is 5.49. The number of carbonyl (C=O) groups excluding carboxylic acids is 1. The SMILES string of the molecule is O=C(CO)C(O)C(O)C(O)COP(=O)([O-])[O-].[K+].[K+]. The molecular weight excluding hydrogens is 325 g/mol. The van der Waals surface area contributed by atoms with Crippen LogP contribution in [-0.2, 0) is 13.9 Å². The van der Waals surface area contributed by atoms with Crippen LogP contribution in [0, 0.1) is 0 Å². The van der Waals surface area contributed by atoms with E-state index in [-0.39, 0.29) is 103 Å². The molecular formula is C6H11K2O9P. The molecule has 0 saturated heterocycles. The van der Waals surface area contributed by atoms with Crippen LogP contribution in [0.5, 0.6) is 0 Å². The van der Waals surface area contributed by atoms with E-state index < -0.39 is 45.1 Å². The van der Waals surface area contributed by atoms with E-state index in [2.05, 4.69) is 4.52 Å². The summed E-state index contributed by atoms with van der Waals surface area (Å²) in [4.78, 5) is 30.7. The van der Waals surface area contributed by atoms with Crippen molar-refractivity contribution in [2.45, 2.75) is 18.3 Å². The van der Waals surface area contributed by atoms with Crippen molar-refractivity contribution in [2.24, 2.45) is 0 Å². The summed E-state index contributed by atoms with van der Waals surface area (Å²) in [6.45, 7) is -2.16. The standard InChI is InChI=1S/C6H13O9P.2K/c7-1-3(8)5(10)6(11)4(9)2-15-16(12,13)14;;/h4-7,9-11H,1-2H2,(H2,12,13,14);;/q;2*+1/p-2. The number of ketones is 1. The number of rotatable bonds is 7. The van der Waals surface area contributed by atoms with E-state index in [4.69, 9.17) is 20.4 Å². The van der Waals surface area contributed by atoms with Crippen molar-refractivity contribution in [3.8, 4) is 0 Å². The molecule has 0 aromatic carbocycles. The van der Waals surface area contributed by atoms with Crippen LogP contribution >= 0.6 is 7.82 Å². The van der Waals surface area contributed by atoms with E-state index in [0.29, 0.717) is 0 Å². The summed E-state index contributed by atoms with van der Waals surface area (Å²) >= 11 is 0. The Kier molecular flexibility index (Phi) is 17.8. The van der Waals surface area contributed by atoms with Gasteiger partial charge in [-0.25, -0.2) is 0 Å². The Balaban J connectivity index is -0.00000112. The number of phosphoric acid groups is 1. The minimum atomic E-state index is -5.31. The molecule has 0 radical (unpaired) electrons. The Labute approximate surface area is 188 Å². The van der Waals surface area contributed by atoms with Crippen LogP contribution in [0.1, 0.15) is 0 Å². The largest absolute Gasteiger partial charge is 1.00 e. The average molecular weight is 336 g/mol. The first kappa shape index (κ1) is 25.8. The fourth-order valence-corrected chi connectivity index (χ4v) is 1.10. The van der Waals surface area contributed by atoms with Crippen LogP contribution in [0.4, 0.5) is 0 Å². The van der Waals surface area contributed by atoms with Crippen molar-refractivity contribution in [2.75, 3.05) is 13.2 Å². The van der Waals surface area contributed by atoms with E-state index >= 15 is 0 Å². The number of phosphoric ester groups is 1. The van der Waals surface area contributed by atoms with Crippen molar-refractivity contribution in [3.63, 3.8) is 0 Å². The van der Waals surface area contributed by atoms with Gasteiger partial charge in [0, 0.05) is 0 Å².